The molecule has 1 heterocycles. The number of benzene rings is 1. The van der Waals surface area contributed by atoms with Crippen LogP contribution in [-0.2, 0) is 9.59 Å². The van der Waals surface area contributed by atoms with Crippen molar-refractivity contribution in [2.45, 2.75) is 32.4 Å². The van der Waals surface area contributed by atoms with Gasteiger partial charge in [0.2, 0.25) is 11.8 Å². The Labute approximate surface area is 142 Å². The lowest BCUT2D eigenvalue weighted by Crippen LogP contribution is -2.47. The summed E-state index contributed by atoms with van der Waals surface area (Å²) in [5.74, 6) is -1.21. The third kappa shape index (κ3) is 3.82. The van der Waals surface area contributed by atoms with Crippen molar-refractivity contribution < 1.29 is 14.0 Å². The van der Waals surface area contributed by atoms with Gasteiger partial charge in [-0.2, -0.15) is 0 Å². The number of hydrogen-bond acceptors (Lipinski definition) is 3. The summed E-state index contributed by atoms with van der Waals surface area (Å²) < 4.78 is 13.8. The van der Waals surface area contributed by atoms with E-state index in [1.165, 1.54) is 15.9 Å². The zero-order valence-corrected chi connectivity index (χ0v) is 14.3. The molecule has 3 unspecified atom stereocenters. The molecule has 1 fully saturated rings. The molecular weight excluding hydrogens is 321 g/mol. The van der Waals surface area contributed by atoms with E-state index >= 15 is 0 Å². The first-order chi connectivity index (χ1) is 10.3. The maximum atomic E-state index is 13.8. The number of carbonyl (C=O) groups is 2. The fourth-order valence-corrected chi connectivity index (χ4v) is 2.63. The van der Waals surface area contributed by atoms with Gasteiger partial charge in [0.15, 0.2) is 0 Å². The first-order valence-corrected chi connectivity index (χ1v) is 7.42. The number of halogens is 2. The minimum atomic E-state index is -0.562. The summed E-state index contributed by atoms with van der Waals surface area (Å²) in [7, 11) is 1.61. The minimum absolute atomic E-state index is 0. The Morgan fingerprint density at radius 2 is 2.00 bits per heavy atom. The second-order valence-electron chi connectivity index (χ2n) is 5.84. The van der Waals surface area contributed by atoms with Crippen LogP contribution >= 0.6 is 12.4 Å². The predicted octanol–water partition coefficient (Wildman–Crippen LogP) is 1.79. The zero-order chi connectivity index (χ0) is 16.4. The van der Waals surface area contributed by atoms with E-state index in [1.807, 2.05) is 0 Å². The van der Waals surface area contributed by atoms with Crippen LogP contribution in [0.5, 0.6) is 0 Å². The van der Waals surface area contributed by atoms with Crippen molar-refractivity contribution in [3.05, 3.63) is 30.1 Å². The van der Waals surface area contributed by atoms with Crippen molar-refractivity contribution in [1.82, 2.24) is 4.90 Å². The highest BCUT2D eigenvalue weighted by molar-refractivity contribution is 6.01. The van der Waals surface area contributed by atoms with Gasteiger partial charge < -0.3 is 15.5 Å². The van der Waals surface area contributed by atoms with Crippen molar-refractivity contribution >= 4 is 29.9 Å². The number of para-hydroxylation sites is 1. The van der Waals surface area contributed by atoms with E-state index in [0.29, 0.717) is 13.0 Å². The van der Waals surface area contributed by atoms with E-state index in [0.717, 1.165) is 0 Å². The maximum Gasteiger partial charge on any atom is 0.249 e. The molecule has 2 N–H and O–H groups in total. The summed E-state index contributed by atoms with van der Waals surface area (Å²) in [6.07, 6.45) is 0.487. The summed E-state index contributed by atoms with van der Waals surface area (Å²) >= 11 is 0. The second-order valence-corrected chi connectivity index (χ2v) is 5.84. The predicted molar refractivity (Wildman–Crippen MR) is 90.0 cm³/mol. The summed E-state index contributed by atoms with van der Waals surface area (Å²) in [4.78, 5) is 27.7. The van der Waals surface area contributed by atoms with E-state index < -0.39 is 11.9 Å². The van der Waals surface area contributed by atoms with Crippen molar-refractivity contribution in [1.29, 1.82) is 0 Å². The molecule has 0 spiro atoms. The molecule has 0 bridgehead atoms. The molecule has 2 amide bonds. The number of likely N-dealkylation sites (N-methyl/N-ethyl adjacent to an activating group) is 1. The SMILES string of the molecule is CC(N)C(C)C(=O)N(C)C1CCN(c2ccccc2F)C1=O.Cl. The van der Waals surface area contributed by atoms with Crippen molar-refractivity contribution in [2.75, 3.05) is 18.5 Å². The van der Waals surface area contributed by atoms with Gasteiger partial charge in [-0.15, -0.1) is 12.4 Å². The van der Waals surface area contributed by atoms with Crippen molar-refractivity contribution in [2.24, 2.45) is 11.7 Å². The van der Waals surface area contributed by atoms with Gasteiger partial charge in [-0.3, -0.25) is 9.59 Å². The first kappa shape index (κ1) is 19.4. The third-order valence-electron chi connectivity index (χ3n) is 4.31. The van der Waals surface area contributed by atoms with Gasteiger partial charge in [-0.05, 0) is 25.5 Å². The highest BCUT2D eigenvalue weighted by Gasteiger charge is 2.39. The van der Waals surface area contributed by atoms with E-state index in [4.69, 9.17) is 5.73 Å². The molecule has 1 aliphatic rings. The van der Waals surface area contributed by atoms with E-state index in [9.17, 15) is 14.0 Å². The van der Waals surface area contributed by atoms with Crippen LogP contribution in [0.4, 0.5) is 10.1 Å². The summed E-state index contributed by atoms with van der Waals surface area (Å²) in [6, 6.07) is 5.32. The Balaban J connectivity index is 0.00000264. The molecule has 2 rings (SSSR count). The third-order valence-corrected chi connectivity index (χ3v) is 4.31. The summed E-state index contributed by atoms with van der Waals surface area (Å²) in [6.45, 7) is 3.91. The average Bonchev–Trinajstić information content (AvgIpc) is 2.87. The molecule has 1 aromatic carbocycles. The smallest absolute Gasteiger partial charge is 0.249 e. The number of amides is 2. The molecule has 0 aliphatic carbocycles. The number of hydrogen-bond donors (Lipinski definition) is 1. The van der Waals surface area contributed by atoms with Crippen LogP contribution in [0, 0.1) is 11.7 Å². The molecule has 3 atom stereocenters. The molecule has 0 saturated carbocycles. The highest BCUT2D eigenvalue weighted by atomic mass is 35.5. The molecule has 0 aromatic heterocycles. The molecule has 5 nitrogen and oxygen atoms in total. The van der Waals surface area contributed by atoms with Crippen LogP contribution in [0.3, 0.4) is 0 Å². The molecule has 7 heteroatoms. The quantitative estimate of drug-likeness (QED) is 0.906. The van der Waals surface area contributed by atoms with Gasteiger partial charge in [0.1, 0.15) is 11.9 Å². The molecule has 1 saturated heterocycles. The van der Waals surface area contributed by atoms with Crippen LogP contribution in [0.1, 0.15) is 20.3 Å². The molecule has 23 heavy (non-hydrogen) atoms. The lowest BCUT2D eigenvalue weighted by Gasteiger charge is -2.28. The Bertz CT molecular complexity index is 582. The lowest BCUT2D eigenvalue weighted by atomic mass is 10.0. The summed E-state index contributed by atoms with van der Waals surface area (Å²) in [5, 5.41) is 0. The molecular formula is C16H23ClFN3O2. The van der Waals surface area contributed by atoms with Crippen LogP contribution in [0.2, 0.25) is 0 Å². The van der Waals surface area contributed by atoms with E-state index in [-0.39, 0.29) is 41.9 Å². The monoisotopic (exact) mass is 343 g/mol. The van der Waals surface area contributed by atoms with Crippen LogP contribution in [-0.4, -0.2) is 42.4 Å². The minimum Gasteiger partial charge on any atom is -0.333 e. The Morgan fingerprint density at radius 1 is 1.39 bits per heavy atom. The zero-order valence-electron chi connectivity index (χ0n) is 13.5. The van der Waals surface area contributed by atoms with E-state index in [1.54, 1.807) is 39.1 Å². The average molecular weight is 344 g/mol. The van der Waals surface area contributed by atoms with Crippen molar-refractivity contribution in [3.8, 4) is 0 Å². The van der Waals surface area contributed by atoms with Crippen LogP contribution in [0.25, 0.3) is 0 Å². The number of rotatable bonds is 4. The van der Waals surface area contributed by atoms with Gasteiger partial charge in [0.05, 0.1) is 11.6 Å². The number of nitrogens with two attached hydrogens (primary N) is 1. The Hall–Kier alpha value is -1.66. The second kappa shape index (κ2) is 7.75. The summed E-state index contributed by atoms with van der Waals surface area (Å²) in [5.41, 5.74) is 6.01. The molecule has 1 aliphatic heterocycles. The fourth-order valence-electron chi connectivity index (χ4n) is 2.63. The lowest BCUT2D eigenvalue weighted by molar-refractivity contribution is -0.140. The van der Waals surface area contributed by atoms with Gasteiger partial charge >= 0.3 is 0 Å². The molecule has 0 radical (unpaired) electrons. The van der Waals surface area contributed by atoms with Gasteiger partial charge in [0, 0.05) is 19.6 Å². The topological polar surface area (TPSA) is 66.6 Å². The van der Waals surface area contributed by atoms with Crippen LogP contribution in [0.15, 0.2) is 24.3 Å². The van der Waals surface area contributed by atoms with Crippen LogP contribution < -0.4 is 10.6 Å². The Kier molecular flexibility index (Phi) is 6.53. The number of carbonyl (C=O) groups excluding carboxylic acids is 2. The molecule has 1 aromatic rings. The van der Waals surface area contributed by atoms with Gasteiger partial charge in [-0.25, -0.2) is 4.39 Å². The first-order valence-electron chi connectivity index (χ1n) is 7.42. The standard InChI is InChI=1S/C16H22FN3O2.ClH/c1-10(11(2)18)15(21)19(3)14-8-9-20(16(14)22)13-7-5-4-6-12(13)17;/h4-7,10-11,14H,8-9,18H2,1-3H3;1H. The largest absolute Gasteiger partial charge is 0.333 e. The normalized spacial score (nSPS) is 20.0. The maximum absolute atomic E-state index is 13.8. The number of nitrogens with zero attached hydrogens (tertiary/aromatic N) is 2. The number of anilines is 1. The molecule has 128 valence electrons. The van der Waals surface area contributed by atoms with Gasteiger partial charge in [0.25, 0.3) is 0 Å². The van der Waals surface area contributed by atoms with E-state index in [2.05, 4.69) is 0 Å². The highest BCUT2D eigenvalue weighted by Crippen LogP contribution is 2.26. The fraction of sp³-hybridized carbons (Fsp3) is 0.500. The van der Waals surface area contributed by atoms with Crippen molar-refractivity contribution in [3.63, 3.8) is 0 Å². The van der Waals surface area contributed by atoms with Gasteiger partial charge in [-0.1, -0.05) is 19.1 Å². The Morgan fingerprint density at radius 3 is 2.57 bits per heavy atom.